The Balaban J connectivity index is 1.82. The number of aryl methyl sites for hydroxylation is 4. The van der Waals surface area contributed by atoms with Gasteiger partial charge >= 0.3 is 0 Å². The number of rotatable bonds is 8. The van der Waals surface area contributed by atoms with E-state index in [4.69, 9.17) is 9.97 Å². The summed E-state index contributed by atoms with van der Waals surface area (Å²) in [5.41, 5.74) is 7.87. The molecule has 2 aliphatic rings. The number of benzene rings is 1. The Labute approximate surface area is 195 Å². The molecule has 0 unspecified atom stereocenters. The van der Waals surface area contributed by atoms with E-state index in [0.717, 1.165) is 18.9 Å². The lowest BCUT2D eigenvalue weighted by Gasteiger charge is -2.34. The zero-order valence-corrected chi connectivity index (χ0v) is 21.2. The van der Waals surface area contributed by atoms with Gasteiger partial charge in [0, 0.05) is 35.6 Å². The first-order chi connectivity index (χ1) is 15.4. The molecular formula is C28H42N4. The maximum absolute atomic E-state index is 5.35. The molecule has 1 aliphatic heterocycles. The van der Waals surface area contributed by atoms with Gasteiger partial charge in [-0.05, 0) is 70.9 Å². The van der Waals surface area contributed by atoms with Gasteiger partial charge in [0.2, 0.25) is 5.95 Å². The van der Waals surface area contributed by atoms with Crippen molar-refractivity contribution in [1.29, 1.82) is 0 Å². The van der Waals surface area contributed by atoms with Crippen molar-refractivity contribution in [3.05, 3.63) is 40.1 Å². The fourth-order valence-corrected chi connectivity index (χ4v) is 6.18. The Morgan fingerprint density at radius 2 is 1.59 bits per heavy atom. The number of hydrogen-bond acceptors (Lipinski definition) is 4. The molecule has 0 radical (unpaired) electrons. The highest BCUT2D eigenvalue weighted by Gasteiger charge is 2.33. The van der Waals surface area contributed by atoms with Crippen molar-refractivity contribution >= 4 is 17.5 Å². The van der Waals surface area contributed by atoms with E-state index in [-0.39, 0.29) is 0 Å². The molecular weight excluding hydrogens is 392 g/mol. The van der Waals surface area contributed by atoms with Crippen molar-refractivity contribution in [1.82, 2.24) is 9.97 Å². The van der Waals surface area contributed by atoms with Gasteiger partial charge in [-0.15, -0.1) is 0 Å². The summed E-state index contributed by atoms with van der Waals surface area (Å²) < 4.78 is 0. The number of fused-ring (bicyclic) bond motifs is 1. The van der Waals surface area contributed by atoms with Gasteiger partial charge in [-0.3, -0.25) is 0 Å². The summed E-state index contributed by atoms with van der Waals surface area (Å²) in [5.74, 6) is 2.13. The summed E-state index contributed by atoms with van der Waals surface area (Å²) in [6.45, 7) is 14.6. The van der Waals surface area contributed by atoms with Crippen molar-refractivity contribution in [2.45, 2.75) is 111 Å². The fourth-order valence-electron chi connectivity index (χ4n) is 6.18. The predicted molar refractivity (Wildman–Crippen MR) is 136 cm³/mol. The van der Waals surface area contributed by atoms with Crippen LogP contribution in [0.15, 0.2) is 12.1 Å². The Morgan fingerprint density at radius 1 is 0.969 bits per heavy atom. The fraction of sp³-hybridized carbons (Fsp3) is 0.643. The minimum atomic E-state index is 0.490. The molecule has 0 amide bonds. The molecule has 174 valence electrons. The SMILES string of the molecule is CCCC(CCC)N1CCc2c(C)nc(N(c3c(C)cc(C)cc3C)C3CCCC3)nc21. The summed E-state index contributed by atoms with van der Waals surface area (Å²) in [6, 6.07) is 5.71. The molecule has 0 atom stereocenters. The molecule has 2 heterocycles. The summed E-state index contributed by atoms with van der Waals surface area (Å²) in [6.07, 6.45) is 11.1. The maximum atomic E-state index is 5.35. The van der Waals surface area contributed by atoms with Crippen molar-refractivity contribution < 1.29 is 0 Å². The van der Waals surface area contributed by atoms with E-state index in [2.05, 4.69) is 63.5 Å². The van der Waals surface area contributed by atoms with Crippen LogP contribution >= 0.6 is 0 Å². The van der Waals surface area contributed by atoms with Crippen LogP contribution in [0.3, 0.4) is 0 Å². The highest BCUT2D eigenvalue weighted by Crippen LogP contribution is 2.40. The second kappa shape index (κ2) is 9.80. The second-order valence-corrected chi connectivity index (χ2v) is 10.1. The second-order valence-electron chi connectivity index (χ2n) is 10.1. The maximum Gasteiger partial charge on any atom is 0.232 e. The van der Waals surface area contributed by atoms with E-state index in [1.807, 2.05) is 0 Å². The molecule has 1 aromatic carbocycles. The molecule has 32 heavy (non-hydrogen) atoms. The number of anilines is 3. The van der Waals surface area contributed by atoms with E-state index in [1.165, 1.54) is 90.8 Å². The van der Waals surface area contributed by atoms with Crippen LogP contribution in [-0.2, 0) is 6.42 Å². The minimum absolute atomic E-state index is 0.490. The largest absolute Gasteiger partial charge is 0.353 e. The molecule has 0 spiro atoms. The normalized spacial score (nSPS) is 16.3. The molecule has 4 heteroatoms. The van der Waals surface area contributed by atoms with Crippen molar-refractivity contribution in [2.24, 2.45) is 0 Å². The molecule has 1 fully saturated rings. The topological polar surface area (TPSA) is 32.3 Å². The number of hydrogen-bond donors (Lipinski definition) is 0. The Bertz CT molecular complexity index is 916. The third-order valence-electron chi connectivity index (χ3n) is 7.52. The van der Waals surface area contributed by atoms with E-state index >= 15 is 0 Å². The monoisotopic (exact) mass is 434 g/mol. The van der Waals surface area contributed by atoms with Gasteiger partial charge in [-0.1, -0.05) is 57.2 Å². The van der Waals surface area contributed by atoms with E-state index in [0.29, 0.717) is 12.1 Å². The highest BCUT2D eigenvalue weighted by molar-refractivity contribution is 5.69. The van der Waals surface area contributed by atoms with Gasteiger partial charge in [0.25, 0.3) is 0 Å². The van der Waals surface area contributed by atoms with Crippen LogP contribution < -0.4 is 9.80 Å². The first-order valence-corrected chi connectivity index (χ1v) is 13.0. The minimum Gasteiger partial charge on any atom is -0.353 e. The first-order valence-electron chi connectivity index (χ1n) is 13.0. The molecule has 1 aromatic heterocycles. The predicted octanol–water partition coefficient (Wildman–Crippen LogP) is 7.12. The van der Waals surface area contributed by atoms with Gasteiger partial charge in [0.05, 0.1) is 0 Å². The molecule has 4 rings (SSSR count). The Morgan fingerprint density at radius 3 is 2.19 bits per heavy atom. The zero-order chi connectivity index (χ0) is 22.8. The smallest absolute Gasteiger partial charge is 0.232 e. The third kappa shape index (κ3) is 4.38. The lowest BCUT2D eigenvalue weighted by atomic mass is 10.0. The van der Waals surface area contributed by atoms with E-state index in [1.54, 1.807) is 0 Å². The lowest BCUT2D eigenvalue weighted by Crippen LogP contribution is -2.35. The lowest BCUT2D eigenvalue weighted by molar-refractivity contribution is 0.511. The molecule has 4 nitrogen and oxygen atoms in total. The summed E-state index contributed by atoms with van der Waals surface area (Å²) >= 11 is 0. The van der Waals surface area contributed by atoms with Gasteiger partial charge in [-0.25, -0.2) is 4.98 Å². The van der Waals surface area contributed by atoms with Crippen molar-refractivity contribution in [3.8, 4) is 0 Å². The first kappa shape index (κ1) is 23.1. The molecule has 2 aromatic rings. The van der Waals surface area contributed by atoms with Gasteiger partial charge in [-0.2, -0.15) is 4.98 Å². The summed E-state index contributed by atoms with van der Waals surface area (Å²) in [7, 11) is 0. The standard InChI is InChI=1S/C28H42N4/c1-7-11-23(12-8-2)31-16-15-25-22(6)29-28(30-27(25)31)32(24-13-9-10-14-24)26-20(4)17-19(3)18-21(26)5/h17-18,23-24H,7-16H2,1-6H3. The Hall–Kier alpha value is -2.10. The van der Waals surface area contributed by atoms with Crippen LogP contribution in [-0.4, -0.2) is 28.6 Å². The van der Waals surface area contributed by atoms with Crippen LogP contribution in [0.25, 0.3) is 0 Å². The van der Waals surface area contributed by atoms with E-state index < -0.39 is 0 Å². The summed E-state index contributed by atoms with van der Waals surface area (Å²) in [5, 5.41) is 0. The van der Waals surface area contributed by atoms with Crippen LogP contribution in [0.5, 0.6) is 0 Å². The van der Waals surface area contributed by atoms with Crippen LogP contribution in [0, 0.1) is 27.7 Å². The average Bonchev–Trinajstić information content (AvgIpc) is 3.40. The molecule has 0 saturated heterocycles. The number of aromatic nitrogens is 2. The van der Waals surface area contributed by atoms with Crippen LogP contribution in [0.1, 0.15) is 93.2 Å². The highest BCUT2D eigenvalue weighted by atomic mass is 15.3. The van der Waals surface area contributed by atoms with E-state index in [9.17, 15) is 0 Å². The van der Waals surface area contributed by atoms with Crippen molar-refractivity contribution in [3.63, 3.8) is 0 Å². The molecule has 0 bridgehead atoms. The third-order valence-corrected chi connectivity index (χ3v) is 7.52. The quantitative estimate of drug-likeness (QED) is 0.442. The summed E-state index contributed by atoms with van der Waals surface area (Å²) in [4.78, 5) is 15.6. The van der Waals surface area contributed by atoms with Crippen LogP contribution in [0.4, 0.5) is 17.5 Å². The van der Waals surface area contributed by atoms with Gasteiger partial charge < -0.3 is 9.80 Å². The van der Waals surface area contributed by atoms with Gasteiger partial charge in [0.15, 0.2) is 0 Å². The van der Waals surface area contributed by atoms with Crippen molar-refractivity contribution in [2.75, 3.05) is 16.3 Å². The average molecular weight is 435 g/mol. The number of nitrogens with zero attached hydrogens (tertiary/aromatic N) is 4. The molecule has 1 aliphatic carbocycles. The van der Waals surface area contributed by atoms with Gasteiger partial charge in [0.1, 0.15) is 5.82 Å². The zero-order valence-electron chi connectivity index (χ0n) is 21.2. The molecule has 0 N–H and O–H groups in total. The van der Waals surface area contributed by atoms with Crippen LogP contribution in [0.2, 0.25) is 0 Å². The Kier molecular flexibility index (Phi) is 7.07. The molecule has 1 saturated carbocycles.